The molecule has 1 aromatic rings. The molecule has 4 N–H and O–H groups in total. The van der Waals surface area contributed by atoms with Crippen LogP contribution in [0, 0.1) is 13.8 Å². The normalized spacial score (nSPS) is 18.5. The van der Waals surface area contributed by atoms with Crippen molar-refractivity contribution in [3.05, 3.63) is 29.3 Å². The number of carbonyl (C=O) groups is 2. The molecule has 0 bridgehead atoms. The number of hydrogen-bond acceptors (Lipinski definition) is 5. The first-order valence-corrected chi connectivity index (χ1v) is 7.36. The fourth-order valence-corrected chi connectivity index (χ4v) is 2.49. The standard InChI is InChI=1S/C13H18N4O2S/c1-8-3-4-10(5-9(8)2)15-12(19)7-20-13-16-11(18)6-14-17-13/h3-5,13-14,17H,6-7H2,1-2H3,(H,15,19)(H,16,18). The van der Waals surface area contributed by atoms with E-state index in [4.69, 9.17) is 0 Å². The number of hydrogen-bond donors (Lipinski definition) is 4. The van der Waals surface area contributed by atoms with Crippen LogP contribution in [0.1, 0.15) is 11.1 Å². The number of aryl methyl sites for hydroxylation is 2. The highest BCUT2D eigenvalue weighted by atomic mass is 32.2. The van der Waals surface area contributed by atoms with Crippen molar-refractivity contribution in [2.24, 2.45) is 0 Å². The molecule has 1 fully saturated rings. The van der Waals surface area contributed by atoms with E-state index in [0.29, 0.717) is 0 Å². The molecular weight excluding hydrogens is 276 g/mol. The SMILES string of the molecule is Cc1ccc(NC(=O)CSC2NNCC(=O)N2)cc1C. The first-order chi connectivity index (χ1) is 9.54. The molecule has 7 heteroatoms. The van der Waals surface area contributed by atoms with E-state index in [1.165, 1.54) is 17.3 Å². The van der Waals surface area contributed by atoms with Crippen LogP contribution in [0.2, 0.25) is 0 Å². The quantitative estimate of drug-likeness (QED) is 0.649. The van der Waals surface area contributed by atoms with E-state index in [1.807, 2.05) is 32.0 Å². The maximum absolute atomic E-state index is 11.8. The Kier molecular flexibility index (Phi) is 4.99. The zero-order valence-electron chi connectivity index (χ0n) is 11.4. The number of thioether (sulfide) groups is 1. The van der Waals surface area contributed by atoms with Gasteiger partial charge in [0, 0.05) is 5.69 Å². The molecule has 20 heavy (non-hydrogen) atoms. The minimum Gasteiger partial charge on any atom is -0.330 e. The summed E-state index contributed by atoms with van der Waals surface area (Å²) < 4.78 is 0. The van der Waals surface area contributed by atoms with E-state index < -0.39 is 0 Å². The van der Waals surface area contributed by atoms with Gasteiger partial charge >= 0.3 is 0 Å². The van der Waals surface area contributed by atoms with Crippen LogP contribution in [0.5, 0.6) is 0 Å². The highest BCUT2D eigenvalue weighted by Crippen LogP contribution is 2.15. The lowest BCUT2D eigenvalue weighted by atomic mass is 10.1. The van der Waals surface area contributed by atoms with Crippen molar-refractivity contribution in [3.63, 3.8) is 0 Å². The number of carbonyl (C=O) groups excluding carboxylic acids is 2. The molecule has 0 saturated carbocycles. The predicted molar refractivity (Wildman–Crippen MR) is 80.1 cm³/mol. The topological polar surface area (TPSA) is 82.3 Å². The summed E-state index contributed by atoms with van der Waals surface area (Å²) in [7, 11) is 0. The van der Waals surface area contributed by atoms with E-state index >= 15 is 0 Å². The third-order valence-corrected chi connectivity index (χ3v) is 3.94. The van der Waals surface area contributed by atoms with Gasteiger partial charge in [-0.05, 0) is 37.1 Å². The molecule has 0 aromatic heterocycles. The van der Waals surface area contributed by atoms with Crippen LogP contribution < -0.4 is 21.5 Å². The summed E-state index contributed by atoms with van der Waals surface area (Å²) in [6.07, 6.45) is 0. The van der Waals surface area contributed by atoms with Gasteiger partial charge in [-0.1, -0.05) is 6.07 Å². The average Bonchev–Trinajstić information content (AvgIpc) is 2.41. The van der Waals surface area contributed by atoms with Crippen molar-refractivity contribution in [1.29, 1.82) is 0 Å². The third-order valence-electron chi connectivity index (χ3n) is 2.95. The lowest BCUT2D eigenvalue weighted by Gasteiger charge is -2.24. The molecule has 1 aliphatic rings. The second-order valence-corrected chi connectivity index (χ2v) is 5.70. The van der Waals surface area contributed by atoms with Crippen LogP contribution >= 0.6 is 11.8 Å². The summed E-state index contributed by atoms with van der Waals surface area (Å²) in [4.78, 5) is 23.0. The zero-order valence-corrected chi connectivity index (χ0v) is 12.3. The van der Waals surface area contributed by atoms with Gasteiger partial charge in [0.2, 0.25) is 11.8 Å². The summed E-state index contributed by atoms with van der Waals surface area (Å²) in [5.74, 6) is 0.0720. The summed E-state index contributed by atoms with van der Waals surface area (Å²) in [6, 6.07) is 5.80. The summed E-state index contributed by atoms with van der Waals surface area (Å²) in [5, 5.41) is 5.56. The van der Waals surface area contributed by atoms with E-state index in [0.717, 1.165) is 11.3 Å². The van der Waals surface area contributed by atoms with Crippen molar-refractivity contribution in [2.75, 3.05) is 17.6 Å². The molecule has 1 unspecified atom stereocenters. The molecule has 0 radical (unpaired) electrons. The van der Waals surface area contributed by atoms with Gasteiger partial charge < -0.3 is 10.6 Å². The number of benzene rings is 1. The Morgan fingerprint density at radius 3 is 2.90 bits per heavy atom. The maximum Gasteiger partial charge on any atom is 0.237 e. The van der Waals surface area contributed by atoms with Crippen molar-refractivity contribution in [3.8, 4) is 0 Å². The lowest BCUT2D eigenvalue weighted by molar-refractivity contribution is -0.122. The third kappa shape index (κ3) is 4.22. The number of anilines is 1. The van der Waals surface area contributed by atoms with Crippen LogP contribution in [-0.2, 0) is 9.59 Å². The average molecular weight is 294 g/mol. The Balaban J connectivity index is 1.80. The Bertz CT molecular complexity index is 521. The molecule has 1 saturated heterocycles. The second-order valence-electron chi connectivity index (χ2n) is 4.60. The molecule has 1 aromatic carbocycles. The van der Waals surface area contributed by atoms with Crippen LogP contribution in [0.4, 0.5) is 5.69 Å². The second kappa shape index (κ2) is 6.74. The van der Waals surface area contributed by atoms with Gasteiger partial charge in [0.15, 0.2) is 0 Å². The van der Waals surface area contributed by atoms with Crippen LogP contribution in [-0.4, -0.2) is 29.6 Å². The van der Waals surface area contributed by atoms with Gasteiger partial charge in [-0.15, -0.1) is 11.8 Å². The fourth-order valence-electron chi connectivity index (χ4n) is 1.72. The van der Waals surface area contributed by atoms with Gasteiger partial charge in [0.25, 0.3) is 0 Å². The van der Waals surface area contributed by atoms with E-state index in [2.05, 4.69) is 21.5 Å². The minimum absolute atomic E-state index is 0.0872. The summed E-state index contributed by atoms with van der Waals surface area (Å²) >= 11 is 1.32. The molecule has 1 heterocycles. The zero-order chi connectivity index (χ0) is 14.5. The van der Waals surface area contributed by atoms with Crippen LogP contribution in [0.3, 0.4) is 0 Å². The van der Waals surface area contributed by atoms with Gasteiger partial charge in [0.1, 0.15) is 5.50 Å². The minimum atomic E-state index is -0.290. The van der Waals surface area contributed by atoms with E-state index in [1.54, 1.807) is 0 Å². The molecule has 1 aliphatic heterocycles. The first-order valence-electron chi connectivity index (χ1n) is 6.31. The Morgan fingerprint density at radius 1 is 1.40 bits per heavy atom. The molecule has 6 nitrogen and oxygen atoms in total. The fraction of sp³-hybridized carbons (Fsp3) is 0.385. The van der Waals surface area contributed by atoms with Gasteiger partial charge in [-0.25, -0.2) is 10.9 Å². The van der Waals surface area contributed by atoms with E-state index in [-0.39, 0.29) is 29.6 Å². The highest BCUT2D eigenvalue weighted by Gasteiger charge is 2.18. The molecule has 2 amide bonds. The highest BCUT2D eigenvalue weighted by molar-refractivity contribution is 8.00. The monoisotopic (exact) mass is 294 g/mol. The van der Waals surface area contributed by atoms with Crippen molar-refractivity contribution >= 4 is 29.3 Å². The number of hydrazine groups is 1. The number of rotatable bonds is 4. The number of nitrogens with one attached hydrogen (secondary N) is 4. The lowest BCUT2D eigenvalue weighted by Crippen LogP contribution is -2.58. The summed E-state index contributed by atoms with van der Waals surface area (Å²) in [5.41, 5.74) is 8.47. The molecule has 1 atom stereocenters. The predicted octanol–water partition coefficient (Wildman–Crippen LogP) is 0.483. The molecule has 0 spiro atoms. The Hall–Kier alpha value is -1.57. The van der Waals surface area contributed by atoms with Crippen LogP contribution in [0.25, 0.3) is 0 Å². The molecule has 0 aliphatic carbocycles. The Morgan fingerprint density at radius 2 is 2.20 bits per heavy atom. The largest absolute Gasteiger partial charge is 0.330 e. The van der Waals surface area contributed by atoms with Gasteiger partial charge in [0.05, 0.1) is 12.3 Å². The van der Waals surface area contributed by atoms with Crippen LogP contribution in [0.15, 0.2) is 18.2 Å². The summed E-state index contributed by atoms with van der Waals surface area (Å²) in [6.45, 7) is 4.28. The molecule has 108 valence electrons. The van der Waals surface area contributed by atoms with E-state index in [9.17, 15) is 9.59 Å². The molecular formula is C13H18N4O2S. The van der Waals surface area contributed by atoms with Crippen molar-refractivity contribution < 1.29 is 9.59 Å². The maximum atomic E-state index is 11.8. The van der Waals surface area contributed by atoms with Gasteiger partial charge in [-0.2, -0.15) is 0 Å². The van der Waals surface area contributed by atoms with Crippen molar-refractivity contribution in [1.82, 2.24) is 16.2 Å². The Labute approximate surface area is 122 Å². The first kappa shape index (κ1) is 14.8. The van der Waals surface area contributed by atoms with Crippen molar-refractivity contribution in [2.45, 2.75) is 19.3 Å². The number of amides is 2. The molecule has 2 rings (SSSR count). The van der Waals surface area contributed by atoms with Gasteiger partial charge in [-0.3, -0.25) is 9.59 Å². The smallest absolute Gasteiger partial charge is 0.237 e.